The average Bonchev–Trinajstić information content (AvgIpc) is 3.01. The van der Waals surface area contributed by atoms with Crippen LogP contribution in [0.25, 0.3) is 0 Å². The average molecular weight is 206 g/mol. The number of nitrogens with two attached hydrogens (primary N) is 1. The molecule has 15 heavy (non-hydrogen) atoms. The zero-order chi connectivity index (χ0) is 10.7. The Morgan fingerprint density at radius 3 is 2.80 bits per heavy atom. The molecule has 1 aromatic heterocycles. The summed E-state index contributed by atoms with van der Waals surface area (Å²) in [5, 5.41) is 2.61. The summed E-state index contributed by atoms with van der Waals surface area (Å²) >= 11 is 0. The van der Waals surface area contributed by atoms with E-state index in [-0.39, 0.29) is 11.9 Å². The highest BCUT2D eigenvalue weighted by molar-refractivity contribution is 5.89. The lowest BCUT2D eigenvalue weighted by Crippen LogP contribution is -2.29. The zero-order valence-electron chi connectivity index (χ0n) is 8.39. The van der Waals surface area contributed by atoms with Gasteiger partial charge in [-0.2, -0.15) is 0 Å². The molecule has 80 valence electrons. The van der Waals surface area contributed by atoms with Crippen LogP contribution in [-0.4, -0.2) is 21.9 Å². The Kier molecular flexibility index (Phi) is 2.91. The normalized spacial score (nSPS) is 17.1. The van der Waals surface area contributed by atoms with Crippen molar-refractivity contribution in [2.24, 2.45) is 11.7 Å². The lowest BCUT2D eigenvalue weighted by atomic mass is 10.1. The maximum atomic E-state index is 11.5. The van der Waals surface area contributed by atoms with Gasteiger partial charge in [0.15, 0.2) is 0 Å². The number of carbonyl (C=O) groups is 1. The van der Waals surface area contributed by atoms with Gasteiger partial charge in [-0.15, -0.1) is 0 Å². The third-order valence-corrected chi connectivity index (χ3v) is 2.47. The van der Waals surface area contributed by atoms with E-state index in [2.05, 4.69) is 15.3 Å². The first kappa shape index (κ1) is 10.0. The SMILES string of the molecule is N[C@@H](CC(=O)Nc1ncccn1)C1CC1. The van der Waals surface area contributed by atoms with E-state index < -0.39 is 0 Å². The molecule has 0 unspecified atom stereocenters. The molecule has 1 atom stereocenters. The molecule has 3 N–H and O–H groups in total. The molecule has 0 aliphatic heterocycles. The molecule has 1 saturated carbocycles. The number of hydrogen-bond donors (Lipinski definition) is 2. The van der Waals surface area contributed by atoms with Crippen LogP contribution in [0, 0.1) is 5.92 Å². The van der Waals surface area contributed by atoms with Gasteiger partial charge in [0, 0.05) is 24.9 Å². The fraction of sp³-hybridized carbons (Fsp3) is 0.500. The lowest BCUT2D eigenvalue weighted by Gasteiger charge is -2.09. The Balaban J connectivity index is 1.81. The summed E-state index contributed by atoms with van der Waals surface area (Å²) in [4.78, 5) is 19.3. The van der Waals surface area contributed by atoms with Crippen molar-refractivity contribution in [3.8, 4) is 0 Å². The van der Waals surface area contributed by atoms with Gasteiger partial charge >= 0.3 is 0 Å². The molecular weight excluding hydrogens is 192 g/mol. The molecular formula is C10H14N4O. The number of aromatic nitrogens is 2. The highest BCUT2D eigenvalue weighted by atomic mass is 16.1. The highest BCUT2D eigenvalue weighted by Crippen LogP contribution is 2.32. The standard InChI is InChI=1S/C10H14N4O/c11-8(7-2-3-7)6-9(15)14-10-12-4-1-5-13-10/h1,4-5,7-8H,2-3,6,11H2,(H,12,13,14,15)/t8-/m0/s1. The van der Waals surface area contributed by atoms with Crippen molar-refractivity contribution in [1.29, 1.82) is 0 Å². The third-order valence-electron chi connectivity index (χ3n) is 2.47. The van der Waals surface area contributed by atoms with Gasteiger partial charge in [0.1, 0.15) is 0 Å². The van der Waals surface area contributed by atoms with Crippen molar-refractivity contribution < 1.29 is 4.79 Å². The van der Waals surface area contributed by atoms with E-state index in [1.54, 1.807) is 18.5 Å². The van der Waals surface area contributed by atoms with Gasteiger partial charge in [-0.1, -0.05) is 0 Å². The maximum Gasteiger partial charge on any atom is 0.229 e. The Labute approximate surface area is 88.1 Å². The second-order valence-electron chi connectivity index (χ2n) is 3.83. The monoisotopic (exact) mass is 206 g/mol. The molecule has 0 saturated heterocycles. The number of carbonyl (C=O) groups excluding carboxylic acids is 1. The first-order chi connectivity index (χ1) is 7.25. The predicted octanol–water partition coefficient (Wildman–Crippen LogP) is 0.542. The smallest absolute Gasteiger partial charge is 0.229 e. The summed E-state index contributed by atoms with van der Waals surface area (Å²) in [7, 11) is 0. The number of nitrogens with zero attached hydrogens (tertiary/aromatic N) is 2. The van der Waals surface area contributed by atoms with Crippen molar-refractivity contribution in [3.63, 3.8) is 0 Å². The topological polar surface area (TPSA) is 80.9 Å². The summed E-state index contributed by atoms with van der Waals surface area (Å²) in [6.45, 7) is 0. The zero-order valence-corrected chi connectivity index (χ0v) is 8.39. The summed E-state index contributed by atoms with van der Waals surface area (Å²) < 4.78 is 0. The molecule has 0 spiro atoms. The quantitative estimate of drug-likeness (QED) is 0.753. The first-order valence-electron chi connectivity index (χ1n) is 5.08. The Hall–Kier alpha value is -1.49. The molecule has 1 aliphatic carbocycles. The van der Waals surface area contributed by atoms with Gasteiger partial charge in [0.05, 0.1) is 0 Å². The second kappa shape index (κ2) is 4.35. The fourth-order valence-electron chi connectivity index (χ4n) is 1.44. The minimum absolute atomic E-state index is 0.0197. The van der Waals surface area contributed by atoms with E-state index in [4.69, 9.17) is 5.73 Å². The lowest BCUT2D eigenvalue weighted by molar-refractivity contribution is -0.116. The van der Waals surface area contributed by atoms with Crippen LogP contribution in [0.4, 0.5) is 5.95 Å². The van der Waals surface area contributed by atoms with Gasteiger partial charge in [0.25, 0.3) is 0 Å². The Morgan fingerprint density at radius 2 is 2.20 bits per heavy atom. The van der Waals surface area contributed by atoms with Gasteiger partial charge in [-0.05, 0) is 24.8 Å². The van der Waals surface area contributed by atoms with E-state index in [1.165, 1.54) is 0 Å². The molecule has 1 amide bonds. The number of nitrogens with one attached hydrogen (secondary N) is 1. The molecule has 2 rings (SSSR count). The molecule has 1 heterocycles. The molecule has 0 aromatic carbocycles. The maximum absolute atomic E-state index is 11.5. The fourth-order valence-corrected chi connectivity index (χ4v) is 1.44. The van der Waals surface area contributed by atoms with Gasteiger partial charge in [0.2, 0.25) is 11.9 Å². The minimum Gasteiger partial charge on any atom is -0.327 e. The van der Waals surface area contributed by atoms with E-state index in [9.17, 15) is 4.79 Å². The van der Waals surface area contributed by atoms with Crippen LogP contribution in [0.3, 0.4) is 0 Å². The number of amides is 1. The number of rotatable bonds is 4. The van der Waals surface area contributed by atoms with Crippen LogP contribution >= 0.6 is 0 Å². The second-order valence-corrected chi connectivity index (χ2v) is 3.83. The van der Waals surface area contributed by atoms with Gasteiger partial charge < -0.3 is 5.73 Å². The van der Waals surface area contributed by atoms with Crippen LogP contribution in [0.15, 0.2) is 18.5 Å². The number of hydrogen-bond acceptors (Lipinski definition) is 4. The van der Waals surface area contributed by atoms with Crippen molar-refractivity contribution >= 4 is 11.9 Å². The van der Waals surface area contributed by atoms with E-state index >= 15 is 0 Å². The first-order valence-corrected chi connectivity index (χ1v) is 5.08. The minimum atomic E-state index is -0.111. The van der Waals surface area contributed by atoms with Crippen molar-refractivity contribution in [1.82, 2.24) is 9.97 Å². The summed E-state index contributed by atoms with van der Waals surface area (Å²) in [6.07, 6.45) is 5.82. The van der Waals surface area contributed by atoms with Crippen molar-refractivity contribution in [2.45, 2.75) is 25.3 Å². The molecule has 1 fully saturated rings. The molecule has 1 aromatic rings. The Bertz CT molecular complexity index is 337. The third kappa shape index (κ3) is 2.99. The van der Waals surface area contributed by atoms with Crippen LogP contribution in [0.5, 0.6) is 0 Å². The van der Waals surface area contributed by atoms with E-state index in [1.807, 2.05) is 0 Å². The molecule has 5 nitrogen and oxygen atoms in total. The summed E-state index contributed by atoms with van der Waals surface area (Å²) in [5.74, 6) is 0.763. The van der Waals surface area contributed by atoms with Gasteiger partial charge in [-0.25, -0.2) is 9.97 Å². The highest BCUT2D eigenvalue weighted by Gasteiger charge is 2.29. The van der Waals surface area contributed by atoms with Crippen LogP contribution < -0.4 is 11.1 Å². The van der Waals surface area contributed by atoms with E-state index in [0.29, 0.717) is 18.3 Å². The van der Waals surface area contributed by atoms with Crippen LogP contribution in [0.2, 0.25) is 0 Å². The largest absolute Gasteiger partial charge is 0.327 e. The van der Waals surface area contributed by atoms with Crippen molar-refractivity contribution in [2.75, 3.05) is 5.32 Å². The molecule has 0 bridgehead atoms. The van der Waals surface area contributed by atoms with Crippen molar-refractivity contribution in [3.05, 3.63) is 18.5 Å². The molecule has 5 heteroatoms. The van der Waals surface area contributed by atoms with Gasteiger partial charge in [-0.3, -0.25) is 10.1 Å². The summed E-state index contributed by atoms with van der Waals surface area (Å²) in [6, 6.07) is 1.68. The predicted molar refractivity (Wildman–Crippen MR) is 56.0 cm³/mol. The molecule has 1 aliphatic rings. The number of anilines is 1. The molecule has 0 radical (unpaired) electrons. The van der Waals surface area contributed by atoms with Crippen LogP contribution in [0.1, 0.15) is 19.3 Å². The van der Waals surface area contributed by atoms with E-state index in [0.717, 1.165) is 12.8 Å². The summed E-state index contributed by atoms with van der Waals surface area (Å²) in [5.41, 5.74) is 5.83. The Morgan fingerprint density at radius 1 is 1.53 bits per heavy atom. The van der Waals surface area contributed by atoms with Crippen LogP contribution in [-0.2, 0) is 4.79 Å².